The maximum Gasteiger partial charge on any atom is 0.242 e. The third-order valence-electron chi connectivity index (χ3n) is 6.01. The average molecular weight is 518 g/mol. The third-order valence-corrected chi connectivity index (χ3v) is 7.20. The predicted octanol–water partition coefficient (Wildman–Crippen LogP) is 3.75. The Labute approximate surface area is 215 Å². The summed E-state index contributed by atoms with van der Waals surface area (Å²) < 4.78 is 31.6. The van der Waals surface area contributed by atoms with Gasteiger partial charge in [-0.2, -0.15) is 0 Å². The van der Waals surface area contributed by atoms with E-state index in [0.29, 0.717) is 30.8 Å². The first-order chi connectivity index (χ1) is 17.1. The summed E-state index contributed by atoms with van der Waals surface area (Å²) in [6, 6.07) is 14.2. The highest BCUT2D eigenvalue weighted by Crippen LogP contribution is 2.21. The van der Waals surface area contributed by atoms with E-state index < -0.39 is 16.1 Å². The number of hydrogen-bond acceptors (Lipinski definition) is 5. The summed E-state index contributed by atoms with van der Waals surface area (Å²) in [4.78, 5) is 27.8. The molecular formula is C27H39N3O5S. The molecule has 0 spiro atoms. The Morgan fingerprint density at radius 1 is 1.03 bits per heavy atom. The zero-order valence-electron chi connectivity index (χ0n) is 22.0. The van der Waals surface area contributed by atoms with Gasteiger partial charge in [0, 0.05) is 26.1 Å². The van der Waals surface area contributed by atoms with Gasteiger partial charge in [-0.3, -0.25) is 13.9 Å². The number of hydrogen-bond donors (Lipinski definition) is 1. The predicted molar refractivity (Wildman–Crippen MR) is 144 cm³/mol. The summed E-state index contributed by atoms with van der Waals surface area (Å²) in [7, 11) is -1.95. The number of likely N-dealkylation sites (N-methyl/N-ethyl adjacent to an activating group) is 1. The van der Waals surface area contributed by atoms with Crippen molar-refractivity contribution in [3.8, 4) is 5.75 Å². The molecule has 1 N–H and O–H groups in total. The molecule has 0 aliphatic heterocycles. The van der Waals surface area contributed by atoms with E-state index in [-0.39, 0.29) is 31.3 Å². The number of nitrogens with zero attached hydrogens (tertiary/aromatic N) is 2. The number of sulfonamides is 1. The van der Waals surface area contributed by atoms with Gasteiger partial charge in [0.2, 0.25) is 21.8 Å². The molecule has 9 heteroatoms. The van der Waals surface area contributed by atoms with Crippen LogP contribution in [0.4, 0.5) is 5.69 Å². The molecule has 1 atom stereocenters. The maximum absolute atomic E-state index is 13.4. The number of nitrogens with one attached hydrogen (secondary N) is 1. The third kappa shape index (κ3) is 8.26. The lowest BCUT2D eigenvalue weighted by atomic mass is 10.1. The highest BCUT2D eigenvalue weighted by molar-refractivity contribution is 7.92. The van der Waals surface area contributed by atoms with Crippen molar-refractivity contribution in [1.29, 1.82) is 0 Å². The number of methoxy groups -OCH3 is 1. The number of ether oxygens (including phenoxy) is 1. The number of aryl methyl sites for hydroxylation is 1. The summed E-state index contributed by atoms with van der Waals surface area (Å²) >= 11 is 0. The summed E-state index contributed by atoms with van der Waals surface area (Å²) in [5.41, 5.74) is 2.54. The maximum atomic E-state index is 13.4. The van der Waals surface area contributed by atoms with Crippen LogP contribution in [0.15, 0.2) is 48.5 Å². The van der Waals surface area contributed by atoms with Crippen molar-refractivity contribution >= 4 is 27.5 Å². The Morgan fingerprint density at radius 2 is 1.72 bits per heavy atom. The molecule has 0 aliphatic carbocycles. The molecule has 0 saturated heterocycles. The molecule has 2 aromatic rings. The zero-order chi connectivity index (χ0) is 26.7. The normalized spacial score (nSPS) is 12.0. The van der Waals surface area contributed by atoms with Crippen molar-refractivity contribution < 1.29 is 22.7 Å². The largest absolute Gasteiger partial charge is 0.497 e. The molecule has 2 aromatic carbocycles. The molecular weight excluding hydrogens is 478 g/mol. The van der Waals surface area contributed by atoms with Crippen LogP contribution < -0.4 is 14.4 Å². The molecule has 8 nitrogen and oxygen atoms in total. The lowest BCUT2D eigenvalue weighted by Gasteiger charge is -2.31. The highest BCUT2D eigenvalue weighted by atomic mass is 32.2. The van der Waals surface area contributed by atoms with Gasteiger partial charge in [-0.25, -0.2) is 8.42 Å². The quantitative estimate of drug-likeness (QED) is 0.412. The lowest BCUT2D eigenvalue weighted by Crippen LogP contribution is -2.49. The first kappa shape index (κ1) is 29.2. The van der Waals surface area contributed by atoms with Gasteiger partial charge in [-0.15, -0.1) is 0 Å². The highest BCUT2D eigenvalue weighted by Gasteiger charge is 2.28. The molecule has 0 bridgehead atoms. The van der Waals surface area contributed by atoms with E-state index in [1.807, 2.05) is 57.2 Å². The molecule has 0 heterocycles. The molecule has 1 unspecified atom stereocenters. The van der Waals surface area contributed by atoms with Crippen LogP contribution in [0, 0.1) is 0 Å². The topological polar surface area (TPSA) is 96.0 Å². The van der Waals surface area contributed by atoms with E-state index in [1.54, 1.807) is 24.1 Å². The molecule has 0 saturated carbocycles. The fraction of sp³-hybridized carbons (Fsp3) is 0.481. The van der Waals surface area contributed by atoms with Crippen LogP contribution in [0.2, 0.25) is 0 Å². The van der Waals surface area contributed by atoms with E-state index >= 15 is 0 Å². The Bertz CT molecular complexity index is 1100. The van der Waals surface area contributed by atoms with E-state index in [2.05, 4.69) is 5.32 Å². The smallest absolute Gasteiger partial charge is 0.242 e. The summed E-state index contributed by atoms with van der Waals surface area (Å²) in [6.45, 7) is 6.64. The fourth-order valence-electron chi connectivity index (χ4n) is 4.08. The second-order valence-corrected chi connectivity index (χ2v) is 10.6. The summed E-state index contributed by atoms with van der Waals surface area (Å²) in [5, 5.41) is 2.82. The minimum absolute atomic E-state index is 0.110. The summed E-state index contributed by atoms with van der Waals surface area (Å²) in [6.07, 6.45) is 2.92. The van der Waals surface area contributed by atoms with Crippen LogP contribution in [-0.4, -0.2) is 57.6 Å². The van der Waals surface area contributed by atoms with Crippen molar-refractivity contribution in [3.05, 3.63) is 59.7 Å². The van der Waals surface area contributed by atoms with Crippen LogP contribution in [0.1, 0.15) is 51.2 Å². The van der Waals surface area contributed by atoms with Crippen molar-refractivity contribution in [2.75, 3.05) is 30.8 Å². The SMILES string of the molecule is CCNC(=O)C(CC)N(Cc1cccc(OC)c1)C(=O)CCCN(c1ccc(CC)cc1)S(C)(=O)=O. The van der Waals surface area contributed by atoms with E-state index in [9.17, 15) is 18.0 Å². The van der Waals surface area contributed by atoms with E-state index in [1.165, 1.54) is 10.6 Å². The van der Waals surface area contributed by atoms with Crippen LogP contribution in [0.5, 0.6) is 5.75 Å². The van der Waals surface area contributed by atoms with E-state index in [0.717, 1.165) is 17.5 Å². The monoisotopic (exact) mass is 517 g/mol. The van der Waals surface area contributed by atoms with Gasteiger partial charge in [-0.1, -0.05) is 38.1 Å². The molecule has 2 amide bonds. The van der Waals surface area contributed by atoms with Gasteiger partial charge in [0.1, 0.15) is 11.8 Å². The number of rotatable bonds is 14. The lowest BCUT2D eigenvalue weighted by molar-refractivity contribution is -0.141. The molecule has 0 aliphatic rings. The standard InChI is InChI=1S/C27H39N3O5S/c1-6-21-14-16-23(17-15-21)30(36(5,33)34)18-10-13-26(31)29(25(7-2)27(32)28-8-3)20-22-11-9-12-24(19-22)35-4/h9,11-12,14-17,19,25H,6-8,10,13,18,20H2,1-5H3,(H,28,32). The molecule has 0 aromatic heterocycles. The van der Waals surface area contributed by atoms with Gasteiger partial charge in [-0.05, 0) is 61.6 Å². The fourth-order valence-corrected chi connectivity index (χ4v) is 5.05. The van der Waals surface area contributed by atoms with Gasteiger partial charge < -0.3 is 15.0 Å². The minimum atomic E-state index is -3.52. The summed E-state index contributed by atoms with van der Waals surface area (Å²) in [5.74, 6) is 0.263. The van der Waals surface area contributed by atoms with Crippen LogP contribution >= 0.6 is 0 Å². The first-order valence-electron chi connectivity index (χ1n) is 12.4. The van der Waals surface area contributed by atoms with Gasteiger partial charge >= 0.3 is 0 Å². The molecule has 2 rings (SSSR count). The van der Waals surface area contributed by atoms with Gasteiger partial charge in [0.15, 0.2) is 0 Å². The molecule has 0 fully saturated rings. The Balaban J connectivity index is 2.21. The van der Waals surface area contributed by atoms with Crippen molar-refractivity contribution in [1.82, 2.24) is 10.2 Å². The van der Waals surface area contributed by atoms with Gasteiger partial charge in [0.25, 0.3) is 0 Å². The van der Waals surface area contributed by atoms with Crippen LogP contribution in [-0.2, 0) is 32.6 Å². The first-order valence-corrected chi connectivity index (χ1v) is 14.3. The molecule has 36 heavy (non-hydrogen) atoms. The molecule has 198 valence electrons. The second-order valence-electron chi connectivity index (χ2n) is 8.65. The minimum Gasteiger partial charge on any atom is -0.497 e. The van der Waals surface area contributed by atoms with Crippen molar-refractivity contribution in [2.24, 2.45) is 0 Å². The average Bonchev–Trinajstić information content (AvgIpc) is 2.86. The number of benzene rings is 2. The Kier molecular flexibility index (Phi) is 11.2. The number of carbonyl (C=O) groups excluding carboxylic acids is 2. The van der Waals surface area contributed by atoms with Crippen molar-refractivity contribution in [2.45, 2.75) is 59.0 Å². The number of anilines is 1. The Morgan fingerprint density at radius 3 is 2.28 bits per heavy atom. The van der Waals surface area contributed by atoms with Crippen LogP contribution in [0.3, 0.4) is 0 Å². The number of carbonyl (C=O) groups is 2. The van der Waals surface area contributed by atoms with E-state index in [4.69, 9.17) is 4.74 Å². The molecule has 0 radical (unpaired) electrons. The van der Waals surface area contributed by atoms with Crippen molar-refractivity contribution in [3.63, 3.8) is 0 Å². The number of amides is 2. The zero-order valence-corrected chi connectivity index (χ0v) is 22.8. The second kappa shape index (κ2) is 13.9. The Hall–Kier alpha value is -3.07. The van der Waals surface area contributed by atoms with Crippen LogP contribution in [0.25, 0.3) is 0 Å². The van der Waals surface area contributed by atoms with Gasteiger partial charge in [0.05, 0.1) is 19.1 Å².